The standard InChI is InChI=1S/C37H35Cl2F2N3O6.H2O/c1-47-32-8-7-24(16-34(32)48-2)33(17-27-28(38)18-42-19-29(27)39)49-36(45)25-13-22(14-26(40)15-25)20-44(31-6-4-3-5-30(31)41)37(46)50-35-21-43-11-9-23(35)10-12-43;/h3-8,13-16,18-19,23,33,35H,9-12,17,20-21H2,1-2H3;1H2/t33-,35-;/m0./s1. The maximum Gasteiger partial charge on any atom is 0.415 e. The lowest BCUT2D eigenvalue weighted by molar-refractivity contribution is -0.377. The molecule has 270 valence electrons. The highest BCUT2D eigenvalue weighted by molar-refractivity contribution is 6.35. The number of hydrogen-bond donors (Lipinski definition) is 0. The Morgan fingerprint density at radius 2 is 1.67 bits per heavy atom. The maximum atomic E-state index is 15.2. The van der Waals surface area contributed by atoms with Gasteiger partial charge in [-0.15, -0.1) is 0 Å². The van der Waals surface area contributed by atoms with Gasteiger partial charge in [-0.25, -0.2) is 23.4 Å². The van der Waals surface area contributed by atoms with Crippen molar-refractivity contribution in [2.75, 3.05) is 38.8 Å². The van der Waals surface area contributed by atoms with E-state index in [9.17, 15) is 9.59 Å². The molecule has 2 N–H and O–H groups in total. The lowest BCUT2D eigenvalue weighted by atomic mass is 9.86. The summed E-state index contributed by atoms with van der Waals surface area (Å²) < 4.78 is 53.1. The maximum absolute atomic E-state index is 15.2. The van der Waals surface area contributed by atoms with Gasteiger partial charge in [0, 0.05) is 18.5 Å². The number of carbonyl (C=O) groups is 2. The number of nitrogens with zero attached hydrogens (tertiary/aromatic N) is 2. The van der Waals surface area contributed by atoms with Crippen LogP contribution in [0, 0.1) is 17.6 Å². The molecule has 7 rings (SSSR count). The summed E-state index contributed by atoms with van der Waals surface area (Å²) in [6.07, 6.45) is 2.97. The summed E-state index contributed by atoms with van der Waals surface area (Å²) in [6.45, 7) is 2.24. The molecule has 2 bridgehead atoms. The zero-order chi connectivity index (χ0) is 35.4. The molecular weight excluding hydrogens is 707 g/mol. The van der Waals surface area contributed by atoms with E-state index >= 15 is 8.78 Å². The number of anilines is 1. The summed E-state index contributed by atoms with van der Waals surface area (Å²) in [4.78, 5) is 33.6. The fraction of sp³-hybridized carbons (Fsp3) is 0.324. The van der Waals surface area contributed by atoms with E-state index in [1.165, 1.54) is 44.6 Å². The molecule has 51 heavy (non-hydrogen) atoms. The fourth-order valence-electron chi connectivity index (χ4n) is 6.53. The molecule has 0 unspecified atom stereocenters. The number of nitrogens with one attached hydrogen (secondary N) is 1. The van der Waals surface area contributed by atoms with Crippen molar-refractivity contribution in [3.63, 3.8) is 0 Å². The zero-order valence-corrected chi connectivity index (χ0v) is 29.4. The molecule has 4 heterocycles. The summed E-state index contributed by atoms with van der Waals surface area (Å²) in [5, 5.41) is 0.649. The number of H-pyrrole nitrogens is 1. The molecule has 3 aliphatic rings. The summed E-state index contributed by atoms with van der Waals surface area (Å²) in [6, 6.07) is 14.5. The molecule has 0 spiro atoms. The van der Waals surface area contributed by atoms with Crippen LogP contribution >= 0.6 is 23.2 Å². The van der Waals surface area contributed by atoms with Crippen molar-refractivity contribution in [3.8, 4) is 11.5 Å². The molecule has 4 aromatic rings. The van der Waals surface area contributed by atoms with Gasteiger partial charge in [-0.3, -0.25) is 9.80 Å². The van der Waals surface area contributed by atoms with Crippen LogP contribution in [0.1, 0.15) is 46.0 Å². The van der Waals surface area contributed by atoms with Gasteiger partial charge in [-0.1, -0.05) is 41.4 Å². The average Bonchev–Trinajstić information content (AvgIpc) is 3.12. The highest BCUT2D eigenvalue weighted by Crippen LogP contribution is 2.36. The van der Waals surface area contributed by atoms with Crippen LogP contribution in [0.3, 0.4) is 0 Å². The van der Waals surface area contributed by atoms with Crippen molar-refractivity contribution < 1.29 is 47.8 Å². The lowest BCUT2D eigenvalue weighted by Crippen LogP contribution is -2.53. The van der Waals surface area contributed by atoms with E-state index in [0.717, 1.165) is 36.9 Å². The monoisotopic (exact) mass is 743 g/mol. The smallest absolute Gasteiger partial charge is 0.415 e. The molecule has 3 fully saturated rings. The summed E-state index contributed by atoms with van der Waals surface area (Å²) in [5.74, 6) is -1.17. The third-order valence-electron chi connectivity index (χ3n) is 9.16. The van der Waals surface area contributed by atoms with Crippen LogP contribution in [-0.4, -0.2) is 62.4 Å². The number of carbonyl (C=O) groups excluding carboxylic acids is 2. The number of benzene rings is 3. The summed E-state index contributed by atoms with van der Waals surface area (Å²) in [7, 11) is 2.98. The first kappa shape index (κ1) is 37.8. The number of methoxy groups -OCH3 is 2. The molecule has 3 saturated heterocycles. The highest BCUT2D eigenvalue weighted by Gasteiger charge is 2.38. The topological polar surface area (TPSA) is 122 Å². The normalized spacial score (nSPS) is 18.3. The van der Waals surface area contributed by atoms with Crippen LogP contribution in [0.5, 0.6) is 11.5 Å². The van der Waals surface area contributed by atoms with E-state index in [1.807, 2.05) is 0 Å². The number of para-hydroxylation sites is 1. The Kier molecular flexibility index (Phi) is 12.4. The number of halogens is 4. The van der Waals surface area contributed by atoms with Crippen molar-refractivity contribution in [2.45, 2.75) is 38.0 Å². The number of piperidine rings is 3. The van der Waals surface area contributed by atoms with Gasteiger partial charge < -0.3 is 24.4 Å². The van der Waals surface area contributed by atoms with Crippen LogP contribution in [0.25, 0.3) is 0 Å². The Morgan fingerprint density at radius 3 is 2.31 bits per heavy atom. The van der Waals surface area contributed by atoms with Gasteiger partial charge in [-0.2, -0.15) is 0 Å². The minimum atomic E-state index is -0.946. The van der Waals surface area contributed by atoms with Gasteiger partial charge in [0.05, 0.1) is 32.0 Å². The number of esters is 1. The molecule has 0 radical (unpaired) electrons. The van der Waals surface area contributed by atoms with E-state index in [4.69, 9.17) is 42.1 Å². The number of aromatic amines is 1. The SMILES string of the molecule is COc1ccc([C@H](Cc2c(Cl)c[nH+]cc2Cl)OC(=O)c2cc(F)cc(CN(C(=O)O[C@H]3CN4CCC3CC4)c3ccccc3F)c2)cc1OC.[OH-]. The first-order valence-electron chi connectivity index (χ1n) is 16.1. The van der Waals surface area contributed by atoms with Crippen LogP contribution in [0.15, 0.2) is 73.1 Å². The van der Waals surface area contributed by atoms with Crippen molar-refractivity contribution in [1.29, 1.82) is 0 Å². The number of amides is 1. The molecule has 3 aliphatic heterocycles. The lowest BCUT2D eigenvalue weighted by Gasteiger charge is -2.44. The summed E-state index contributed by atoms with van der Waals surface area (Å²) in [5.41, 5.74) is 1.12. The molecule has 1 aromatic heterocycles. The quantitative estimate of drug-likeness (QED) is 0.147. The van der Waals surface area contributed by atoms with Crippen LogP contribution < -0.4 is 19.4 Å². The minimum Gasteiger partial charge on any atom is -0.870 e. The third kappa shape index (κ3) is 8.70. The van der Waals surface area contributed by atoms with Gasteiger partial charge in [0.15, 0.2) is 23.9 Å². The van der Waals surface area contributed by atoms with Crippen LogP contribution in [0.2, 0.25) is 10.0 Å². The molecule has 1 amide bonds. The molecule has 2 atom stereocenters. The Morgan fingerprint density at radius 1 is 0.961 bits per heavy atom. The Balaban J connectivity index is 0.00000504. The minimum absolute atomic E-state index is 0. The number of aromatic nitrogens is 1. The van der Waals surface area contributed by atoms with Crippen molar-refractivity contribution in [3.05, 3.63) is 117 Å². The second kappa shape index (κ2) is 16.7. The largest absolute Gasteiger partial charge is 0.870 e. The van der Waals surface area contributed by atoms with Crippen LogP contribution in [0.4, 0.5) is 19.3 Å². The number of ether oxygens (including phenoxy) is 4. The summed E-state index contributed by atoms with van der Waals surface area (Å²) >= 11 is 12.9. The zero-order valence-electron chi connectivity index (χ0n) is 27.9. The van der Waals surface area contributed by atoms with E-state index in [2.05, 4.69) is 9.88 Å². The second-order valence-electron chi connectivity index (χ2n) is 12.3. The molecule has 14 heteroatoms. The third-order valence-corrected chi connectivity index (χ3v) is 9.84. The molecule has 3 aromatic carbocycles. The van der Waals surface area contributed by atoms with Crippen LogP contribution in [-0.2, 0) is 22.4 Å². The Hall–Kier alpha value is -4.49. The van der Waals surface area contributed by atoms with Gasteiger partial charge in [-0.05, 0) is 85.4 Å². The predicted octanol–water partition coefficient (Wildman–Crippen LogP) is 7.30. The van der Waals surface area contributed by atoms with Gasteiger partial charge in [0.2, 0.25) is 0 Å². The van der Waals surface area contributed by atoms with Crippen molar-refractivity contribution in [2.24, 2.45) is 5.92 Å². The molecular formula is C37H37Cl2F2N3O7. The number of pyridine rings is 1. The highest BCUT2D eigenvalue weighted by atomic mass is 35.5. The van der Waals surface area contributed by atoms with Crippen molar-refractivity contribution >= 4 is 41.0 Å². The Bertz CT molecular complexity index is 1860. The van der Waals surface area contributed by atoms with Gasteiger partial charge in [0.1, 0.15) is 33.9 Å². The first-order valence-corrected chi connectivity index (χ1v) is 16.9. The predicted molar refractivity (Wildman–Crippen MR) is 185 cm³/mol. The molecule has 0 saturated carbocycles. The first-order chi connectivity index (χ1) is 24.1. The van der Waals surface area contributed by atoms with E-state index in [1.54, 1.807) is 36.7 Å². The van der Waals surface area contributed by atoms with E-state index in [-0.39, 0.29) is 47.3 Å². The van der Waals surface area contributed by atoms with Gasteiger partial charge >= 0.3 is 12.1 Å². The fourth-order valence-corrected chi connectivity index (χ4v) is 7.07. The van der Waals surface area contributed by atoms with E-state index in [0.29, 0.717) is 39.2 Å². The number of rotatable bonds is 11. The Labute approximate surface area is 304 Å². The van der Waals surface area contributed by atoms with Gasteiger partial charge in [0.25, 0.3) is 0 Å². The number of fused-ring (bicyclic) bond motifs is 3. The van der Waals surface area contributed by atoms with E-state index < -0.39 is 29.8 Å². The molecule has 0 aliphatic carbocycles. The molecule has 10 nitrogen and oxygen atoms in total. The second-order valence-corrected chi connectivity index (χ2v) is 13.1. The number of hydrogen-bond acceptors (Lipinski definition) is 8. The average molecular weight is 745 g/mol. The van der Waals surface area contributed by atoms with Crippen molar-refractivity contribution in [1.82, 2.24) is 4.90 Å².